The number of hydrogen-bond acceptors (Lipinski definition) is 5. The lowest BCUT2D eigenvalue weighted by Gasteiger charge is -2.18. The molecule has 5 nitrogen and oxygen atoms in total. The molecule has 1 amide bonds. The summed E-state index contributed by atoms with van der Waals surface area (Å²) in [6.45, 7) is 0.637. The molecule has 1 atom stereocenters. The third-order valence-corrected chi connectivity index (χ3v) is 3.27. The minimum Gasteiger partial charge on any atom is -0.396 e. The summed E-state index contributed by atoms with van der Waals surface area (Å²) < 4.78 is 0. The molecule has 0 spiro atoms. The van der Waals surface area contributed by atoms with Crippen LogP contribution in [0, 0.1) is 5.92 Å². The Bertz CT molecular complexity index is 423. The Morgan fingerprint density at radius 3 is 2.88 bits per heavy atom. The fraction of sp³-hybridized carbons (Fsp3) is 0.400. The average molecular weight is 238 g/mol. The molecule has 2 rings (SSSR count). The summed E-state index contributed by atoms with van der Waals surface area (Å²) in [4.78, 5) is 17.4. The van der Waals surface area contributed by atoms with Crippen LogP contribution in [0.25, 0.3) is 0 Å². The maximum absolute atomic E-state index is 11.8. The molecule has 1 aromatic rings. The van der Waals surface area contributed by atoms with E-state index >= 15 is 0 Å². The fourth-order valence-corrected chi connectivity index (χ4v) is 2.07. The third-order valence-electron chi connectivity index (χ3n) is 2.75. The number of amides is 1. The van der Waals surface area contributed by atoms with Crippen LogP contribution in [0.3, 0.4) is 0 Å². The lowest BCUT2D eigenvalue weighted by Crippen LogP contribution is -2.26. The SMILES string of the molecule is Nc1cncc(N2CC(CS)CC2=O)c1N. The molecule has 1 fully saturated rings. The van der Waals surface area contributed by atoms with Gasteiger partial charge < -0.3 is 16.4 Å². The van der Waals surface area contributed by atoms with Gasteiger partial charge in [0.05, 0.1) is 29.5 Å². The Hall–Kier alpha value is -1.43. The fourth-order valence-electron chi connectivity index (χ4n) is 1.83. The Morgan fingerprint density at radius 2 is 2.25 bits per heavy atom. The molecule has 0 aliphatic carbocycles. The topological polar surface area (TPSA) is 85.2 Å². The van der Waals surface area contributed by atoms with E-state index in [1.807, 2.05) is 0 Å². The molecule has 0 aromatic carbocycles. The zero-order valence-electron chi connectivity index (χ0n) is 8.76. The van der Waals surface area contributed by atoms with Gasteiger partial charge in [0, 0.05) is 13.0 Å². The molecular formula is C10H14N4OS. The number of anilines is 3. The summed E-state index contributed by atoms with van der Waals surface area (Å²) in [7, 11) is 0. The minimum absolute atomic E-state index is 0.0538. The van der Waals surface area contributed by atoms with Gasteiger partial charge in [-0.1, -0.05) is 0 Å². The van der Waals surface area contributed by atoms with Crippen molar-refractivity contribution in [2.24, 2.45) is 5.92 Å². The van der Waals surface area contributed by atoms with E-state index in [1.54, 1.807) is 11.1 Å². The van der Waals surface area contributed by atoms with Crippen molar-refractivity contribution < 1.29 is 4.79 Å². The highest BCUT2D eigenvalue weighted by atomic mass is 32.1. The Morgan fingerprint density at radius 1 is 1.50 bits per heavy atom. The van der Waals surface area contributed by atoms with Crippen molar-refractivity contribution >= 4 is 35.6 Å². The summed E-state index contributed by atoms with van der Waals surface area (Å²) in [5.74, 6) is 1.02. The van der Waals surface area contributed by atoms with Crippen molar-refractivity contribution in [2.45, 2.75) is 6.42 Å². The first-order valence-electron chi connectivity index (χ1n) is 5.03. The van der Waals surface area contributed by atoms with E-state index in [1.165, 1.54) is 6.20 Å². The molecule has 0 bridgehead atoms. The van der Waals surface area contributed by atoms with Gasteiger partial charge in [0.15, 0.2) is 0 Å². The lowest BCUT2D eigenvalue weighted by molar-refractivity contribution is -0.117. The van der Waals surface area contributed by atoms with Gasteiger partial charge in [-0.05, 0) is 11.7 Å². The first-order chi connectivity index (χ1) is 7.63. The van der Waals surface area contributed by atoms with E-state index < -0.39 is 0 Å². The molecule has 16 heavy (non-hydrogen) atoms. The second kappa shape index (κ2) is 4.21. The molecule has 1 aliphatic heterocycles. The van der Waals surface area contributed by atoms with E-state index in [0.29, 0.717) is 35.8 Å². The average Bonchev–Trinajstić information content (AvgIpc) is 2.64. The second-order valence-electron chi connectivity index (χ2n) is 3.92. The van der Waals surface area contributed by atoms with Crippen LogP contribution in [0.15, 0.2) is 12.4 Å². The number of nitrogens with zero attached hydrogens (tertiary/aromatic N) is 2. The molecular weight excluding hydrogens is 224 g/mol. The number of carbonyl (C=O) groups is 1. The predicted octanol–water partition coefficient (Wildman–Crippen LogP) is 0.529. The largest absolute Gasteiger partial charge is 0.396 e. The Labute approximate surface area is 99.2 Å². The van der Waals surface area contributed by atoms with Crippen molar-refractivity contribution in [3.8, 4) is 0 Å². The maximum Gasteiger partial charge on any atom is 0.227 e. The Kier molecular flexibility index (Phi) is 2.91. The van der Waals surface area contributed by atoms with Crippen molar-refractivity contribution in [3.63, 3.8) is 0 Å². The van der Waals surface area contributed by atoms with Gasteiger partial charge in [-0.15, -0.1) is 0 Å². The molecule has 6 heteroatoms. The highest BCUT2D eigenvalue weighted by molar-refractivity contribution is 7.80. The van der Waals surface area contributed by atoms with E-state index in [-0.39, 0.29) is 11.8 Å². The van der Waals surface area contributed by atoms with Gasteiger partial charge in [-0.3, -0.25) is 9.78 Å². The lowest BCUT2D eigenvalue weighted by atomic mass is 10.1. The van der Waals surface area contributed by atoms with Gasteiger partial charge >= 0.3 is 0 Å². The molecule has 2 heterocycles. The molecule has 0 saturated carbocycles. The summed E-state index contributed by atoms with van der Waals surface area (Å²) in [6.07, 6.45) is 3.57. The first-order valence-corrected chi connectivity index (χ1v) is 5.67. The van der Waals surface area contributed by atoms with E-state index in [2.05, 4.69) is 17.6 Å². The van der Waals surface area contributed by atoms with Crippen LogP contribution in [0.5, 0.6) is 0 Å². The zero-order chi connectivity index (χ0) is 11.7. The van der Waals surface area contributed by atoms with Crippen molar-refractivity contribution in [1.29, 1.82) is 0 Å². The van der Waals surface area contributed by atoms with Crippen LogP contribution in [0.4, 0.5) is 17.1 Å². The molecule has 1 aliphatic rings. The highest BCUT2D eigenvalue weighted by Crippen LogP contribution is 2.32. The van der Waals surface area contributed by atoms with Crippen molar-refractivity contribution in [3.05, 3.63) is 12.4 Å². The summed E-state index contributed by atoms with van der Waals surface area (Å²) in [5, 5.41) is 0. The van der Waals surface area contributed by atoms with Crippen LogP contribution in [-0.4, -0.2) is 23.2 Å². The summed E-state index contributed by atoms with van der Waals surface area (Å²) in [6, 6.07) is 0. The minimum atomic E-state index is 0.0538. The molecule has 1 unspecified atom stereocenters. The molecule has 4 N–H and O–H groups in total. The number of aromatic nitrogens is 1. The quantitative estimate of drug-likeness (QED) is 0.656. The molecule has 1 aromatic heterocycles. The maximum atomic E-state index is 11.8. The molecule has 1 saturated heterocycles. The number of hydrogen-bond donors (Lipinski definition) is 3. The van der Waals surface area contributed by atoms with Crippen LogP contribution < -0.4 is 16.4 Å². The normalized spacial score (nSPS) is 20.4. The van der Waals surface area contributed by atoms with Gasteiger partial charge in [0.1, 0.15) is 0 Å². The van der Waals surface area contributed by atoms with Crippen molar-refractivity contribution in [1.82, 2.24) is 4.98 Å². The second-order valence-corrected chi connectivity index (χ2v) is 4.28. The smallest absolute Gasteiger partial charge is 0.227 e. The van der Waals surface area contributed by atoms with E-state index in [0.717, 1.165) is 0 Å². The number of nitrogen functional groups attached to an aromatic ring is 2. The first kappa shape index (κ1) is 11.1. The molecule has 86 valence electrons. The van der Waals surface area contributed by atoms with Crippen LogP contribution in [0.1, 0.15) is 6.42 Å². The van der Waals surface area contributed by atoms with Gasteiger partial charge in [0.2, 0.25) is 5.91 Å². The number of thiol groups is 1. The standard InChI is InChI=1S/C10H14N4OS/c11-7-2-13-3-8(10(7)12)14-4-6(5-16)1-9(14)15/h2-3,6,16H,1,4-5,11H2,(H2,12,13). The van der Waals surface area contributed by atoms with E-state index in [4.69, 9.17) is 11.5 Å². The number of nitrogens with two attached hydrogens (primary N) is 2. The van der Waals surface area contributed by atoms with Gasteiger partial charge in [-0.2, -0.15) is 12.6 Å². The zero-order valence-corrected chi connectivity index (χ0v) is 9.65. The predicted molar refractivity (Wildman–Crippen MR) is 67.4 cm³/mol. The molecule has 0 radical (unpaired) electrons. The summed E-state index contributed by atoms with van der Waals surface area (Å²) in [5.41, 5.74) is 12.9. The third kappa shape index (κ3) is 1.80. The van der Waals surface area contributed by atoms with Crippen LogP contribution in [0.2, 0.25) is 0 Å². The number of rotatable bonds is 2. The number of carbonyl (C=O) groups excluding carboxylic acids is 1. The number of pyridine rings is 1. The van der Waals surface area contributed by atoms with Crippen LogP contribution >= 0.6 is 12.6 Å². The monoisotopic (exact) mass is 238 g/mol. The van der Waals surface area contributed by atoms with Crippen LogP contribution in [-0.2, 0) is 4.79 Å². The van der Waals surface area contributed by atoms with E-state index in [9.17, 15) is 4.79 Å². The van der Waals surface area contributed by atoms with Crippen molar-refractivity contribution in [2.75, 3.05) is 28.7 Å². The highest BCUT2D eigenvalue weighted by Gasteiger charge is 2.31. The van der Waals surface area contributed by atoms with Gasteiger partial charge in [0.25, 0.3) is 0 Å². The summed E-state index contributed by atoms with van der Waals surface area (Å²) >= 11 is 4.21. The Balaban J connectivity index is 2.31. The van der Waals surface area contributed by atoms with Gasteiger partial charge in [-0.25, -0.2) is 0 Å².